The first-order valence-corrected chi connectivity index (χ1v) is 11.2. The van der Waals surface area contributed by atoms with Crippen molar-refractivity contribution >= 4 is 17.5 Å². The van der Waals surface area contributed by atoms with Gasteiger partial charge in [0.15, 0.2) is 5.76 Å². The van der Waals surface area contributed by atoms with Gasteiger partial charge in [-0.05, 0) is 73.2 Å². The van der Waals surface area contributed by atoms with Crippen LogP contribution in [0.3, 0.4) is 0 Å². The molecule has 0 unspecified atom stereocenters. The van der Waals surface area contributed by atoms with Crippen LogP contribution in [0.1, 0.15) is 27.3 Å². The van der Waals surface area contributed by atoms with Crippen LogP contribution in [0.25, 0.3) is 0 Å². The summed E-state index contributed by atoms with van der Waals surface area (Å²) in [4.78, 5) is 27.2. The van der Waals surface area contributed by atoms with Gasteiger partial charge in [-0.2, -0.15) is 0 Å². The SMILES string of the molecule is COc1cccc(C(=O)NCCCN(C(=O)c2ccco2)c2ccc(Oc3ccccc3)cc2)c1. The second kappa shape index (κ2) is 11.6. The number of anilines is 1. The van der Waals surface area contributed by atoms with Crippen LogP contribution in [0.15, 0.2) is 102 Å². The smallest absolute Gasteiger partial charge is 0.293 e. The average Bonchev–Trinajstić information content (AvgIpc) is 3.45. The Hall–Kier alpha value is -4.52. The predicted molar refractivity (Wildman–Crippen MR) is 133 cm³/mol. The topological polar surface area (TPSA) is 81.0 Å². The number of hydrogen-bond donors (Lipinski definition) is 1. The minimum absolute atomic E-state index is 0.199. The number of nitrogens with one attached hydrogen (secondary N) is 1. The molecule has 1 N–H and O–H groups in total. The van der Waals surface area contributed by atoms with E-state index in [0.29, 0.717) is 42.3 Å². The minimum Gasteiger partial charge on any atom is -0.497 e. The van der Waals surface area contributed by atoms with Crippen LogP contribution in [0.2, 0.25) is 0 Å². The maximum atomic E-state index is 13.1. The van der Waals surface area contributed by atoms with E-state index in [1.165, 1.54) is 6.26 Å². The molecular weight excluding hydrogens is 444 g/mol. The molecule has 35 heavy (non-hydrogen) atoms. The Balaban J connectivity index is 1.40. The highest BCUT2D eigenvalue weighted by Crippen LogP contribution is 2.25. The molecule has 0 fully saturated rings. The molecule has 0 atom stereocenters. The highest BCUT2D eigenvalue weighted by atomic mass is 16.5. The molecule has 2 amide bonds. The fourth-order valence-electron chi connectivity index (χ4n) is 3.51. The molecule has 0 aliphatic carbocycles. The van der Waals surface area contributed by atoms with Gasteiger partial charge in [-0.25, -0.2) is 0 Å². The van der Waals surface area contributed by atoms with Crippen molar-refractivity contribution < 1.29 is 23.5 Å². The Bertz CT molecular complexity index is 1240. The Kier molecular flexibility index (Phi) is 7.81. The quantitative estimate of drug-likeness (QED) is 0.308. The first-order valence-electron chi connectivity index (χ1n) is 11.2. The summed E-state index contributed by atoms with van der Waals surface area (Å²) in [6.07, 6.45) is 2.01. The predicted octanol–water partition coefficient (Wildman–Crippen LogP) is 5.55. The molecule has 0 aliphatic heterocycles. The zero-order chi connectivity index (χ0) is 24.5. The first-order chi connectivity index (χ1) is 17.1. The van der Waals surface area contributed by atoms with E-state index in [9.17, 15) is 9.59 Å². The molecule has 3 aromatic carbocycles. The molecule has 0 radical (unpaired) electrons. The van der Waals surface area contributed by atoms with Crippen molar-refractivity contribution in [2.24, 2.45) is 0 Å². The normalized spacial score (nSPS) is 10.4. The molecule has 4 aromatic rings. The van der Waals surface area contributed by atoms with E-state index in [4.69, 9.17) is 13.9 Å². The summed E-state index contributed by atoms with van der Waals surface area (Å²) in [5.41, 5.74) is 1.22. The van der Waals surface area contributed by atoms with Crippen molar-refractivity contribution in [3.63, 3.8) is 0 Å². The van der Waals surface area contributed by atoms with Crippen LogP contribution in [0.4, 0.5) is 5.69 Å². The van der Waals surface area contributed by atoms with Crippen LogP contribution in [0, 0.1) is 0 Å². The van der Waals surface area contributed by atoms with Crippen molar-refractivity contribution in [1.82, 2.24) is 5.32 Å². The molecule has 0 spiro atoms. The number of methoxy groups -OCH3 is 1. The maximum Gasteiger partial charge on any atom is 0.293 e. The van der Waals surface area contributed by atoms with Gasteiger partial charge < -0.3 is 24.1 Å². The fourth-order valence-corrected chi connectivity index (χ4v) is 3.51. The lowest BCUT2D eigenvalue weighted by molar-refractivity contribution is 0.0953. The number of para-hydroxylation sites is 1. The minimum atomic E-state index is -0.258. The van der Waals surface area contributed by atoms with E-state index in [1.807, 2.05) is 54.6 Å². The van der Waals surface area contributed by atoms with Crippen molar-refractivity contribution in [2.45, 2.75) is 6.42 Å². The number of amides is 2. The lowest BCUT2D eigenvalue weighted by Crippen LogP contribution is -2.34. The average molecular weight is 471 g/mol. The number of carbonyl (C=O) groups excluding carboxylic acids is 2. The fraction of sp³-hybridized carbons (Fsp3) is 0.143. The van der Waals surface area contributed by atoms with Gasteiger partial charge in [0.2, 0.25) is 0 Å². The number of hydrogen-bond acceptors (Lipinski definition) is 5. The Morgan fingerprint density at radius 3 is 2.31 bits per heavy atom. The molecule has 178 valence electrons. The zero-order valence-electron chi connectivity index (χ0n) is 19.3. The Morgan fingerprint density at radius 1 is 0.857 bits per heavy atom. The van der Waals surface area contributed by atoms with E-state index in [2.05, 4.69) is 5.32 Å². The molecule has 4 rings (SSSR count). The summed E-state index contributed by atoms with van der Waals surface area (Å²) in [6.45, 7) is 0.782. The molecule has 0 saturated heterocycles. The van der Waals surface area contributed by atoms with E-state index < -0.39 is 0 Å². The third kappa shape index (κ3) is 6.29. The molecule has 7 heteroatoms. The monoisotopic (exact) mass is 470 g/mol. The van der Waals surface area contributed by atoms with Gasteiger partial charge in [0.1, 0.15) is 17.2 Å². The van der Waals surface area contributed by atoms with Crippen LogP contribution in [-0.4, -0.2) is 32.0 Å². The number of ether oxygens (including phenoxy) is 2. The number of carbonyl (C=O) groups is 2. The molecule has 0 aliphatic rings. The third-order valence-corrected chi connectivity index (χ3v) is 5.28. The summed E-state index contributed by atoms with van der Waals surface area (Å²) in [5.74, 6) is 1.80. The Morgan fingerprint density at radius 2 is 1.60 bits per heavy atom. The van der Waals surface area contributed by atoms with Crippen molar-refractivity contribution in [3.8, 4) is 17.2 Å². The highest BCUT2D eigenvalue weighted by molar-refractivity contribution is 6.04. The highest BCUT2D eigenvalue weighted by Gasteiger charge is 2.20. The van der Waals surface area contributed by atoms with Gasteiger partial charge in [0.05, 0.1) is 13.4 Å². The standard InChI is InChI=1S/C28H26N2O5/c1-33-25-11-5-8-21(20-25)27(31)29-17-7-18-30(28(32)26-12-6-19-34-26)22-13-15-24(16-14-22)35-23-9-3-2-4-10-23/h2-6,8-16,19-20H,7,17-18H2,1H3,(H,29,31). The number of nitrogens with zero attached hydrogens (tertiary/aromatic N) is 1. The number of benzene rings is 3. The van der Waals surface area contributed by atoms with Crippen molar-refractivity contribution in [1.29, 1.82) is 0 Å². The van der Waals surface area contributed by atoms with Gasteiger partial charge >= 0.3 is 0 Å². The number of rotatable bonds is 10. The first kappa shape index (κ1) is 23.6. The van der Waals surface area contributed by atoms with E-state index in [1.54, 1.807) is 48.4 Å². The molecule has 1 heterocycles. The van der Waals surface area contributed by atoms with Gasteiger partial charge in [0.25, 0.3) is 11.8 Å². The lowest BCUT2D eigenvalue weighted by atomic mass is 10.2. The van der Waals surface area contributed by atoms with Crippen LogP contribution < -0.4 is 19.7 Å². The molecule has 0 bridgehead atoms. The maximum absolute atomic E-state index is 13.1. The number of furan rings is 1. The van der Waals surface area contributed by atoms with Crippen LogP contribution in [-0.2, 0) is 0 Å². The Labute approximate surface area is 203 Å². The lowest BCUT2D eigenvalue weighted by Gasteiger charge is -2.22. The molecule has 1 aromatic heterocycles. The van der Waals surface area contributed by atoms with Gasteiger partial charge in [0, 0.05) is 24.3 Å². The summed E-state index contributed by atoms with van der Waals surface area (Å²) >= 11 is 0. The van der Waals surface area contributed by atoms with E-state index in [0.717, 1.165) is 5.75 Å². The van der Waals surface area contributed by atoms with Crippen molar-refractivity contribution in [3.05, 3.63) is 109 Å². The van der Waals surface area contributed by atoms with Gasteiger partial charge in [-0.1, -0.05) is 24.3 Å². The second-order valence-corrected chi connectivity index (χ2v) is 7.68. The largest absolute Gasteiger partial charge is 0.497 e. The van der Waals surface area contributed by atoms with E-state index >= 15 is 0 Å². The molecule has 0 saturated carbocycles. The summed E-state index contributed by atoms with van der Waals surface area (Å²) < 4.78 is 16.4. The van der Waals surface area contributed by atoms with Crippen molar-refractivity contribution in [2.75, 3.05) is 25.1 Å². The van der Waals surface area contributed by atoms with E-state index in [-0.39, 0.29) is 17.6 Å². The summed E-state index contributed by atoms with van der Waals surface area (Å²) in [7, 11) is 1.56. The second-order valence-electron chi connectivity index (χ2n) is 7.68. The third-order valence-electron chi connectivity index (χ3n) is 5.28. The summed E-state index contributed by atoms with van der Waals surface area (Å²) in [6, 6.07) is 27.0. The molecular formula is C28H26N2O5. The summed E-state index contributed by atoms with van der Waals surface area (Å²) in [5, 5.41) is 2.89. The molecule has 7 nitrogen and oxygen atoms in total. The zero-order valence-corrected chi connectivity index (χ0v) is 19.3. The van der Waals surface area contributed by atoms with Gasteiger partial charge in [-0.15, -0.1) is 0 Å². The van der Waals surface area contributed by atoms with Gasteiger partial charge in [-0.3, -0.25) is 9.59 Å². The van der Waals surface area contributed by atoms with Crippen LogP contribution in [0.5, 0.6) is 17.2 Å². The van der Waals surface area contributed by atoms with Crippen LogP contribution >= 0.6 is 0 Å².